The molecule has 1 aliphatic heterocycles. The molecule has 0 aliphatic carbocycles. The summed E-state index contributed by atoms with van der Waals surface area (Å²) in [6, 6.07) is 1.18. The summed E-state index contributed by atoms with van der Waals surface area (Å²) < 4.78 is 0. The van der Waals surface area contributed by atoms with E-state index in [-0.39, 0.29) is 0 Å². The third-order valence-corrected chi connectivity index (χ3v) is 2.33. The topological polar surface area (TPSA) is 15.6 Å². The lowest BCUT2D eigenvalue weighted by molar-refractivity contribution is 0.158. The Morgan fingerprint density at radius 2 is 2.18 bits per heavy atom. The molecule has 0 saturated carbocycles. The lowest BCUT2D eigenvalue weighted by Crippen LogP contribution is -2.35. The molecule has 2 unspecified atom stereocenters. The van der Waals surface area contributed by atoms with Crippen LogP contribution in [0.3, 0.4) is 0 Å². The zero-order valence-electron chi connectivity index (χ0n) is 7.91. The largest absolute Gasteiger partial charge is 0.291 e. The van der Waals surface area contributed by atoms with Crippen molar-refractivity contribution in [3.63, 3.8) is 0 Å². The molecular formula is C9H18N2. The number of hydrogen-bond donors (Lipinski definition) is 0. The smallest absolute Gasteiger partial charge is 0.0546 e. The van der Waals surface area contributed by atoms with Crippen molar-refractivity contribution in [1.82, 2.24) is 5.01 Å². The summed E-state index contributed by atoms with van der Waals surface area (Å²) in [6.07, 6.45) is 3.26. The fraction of sp³-hybridized carbons (Fsp3) is 0.889. The van der Waals surface area contributed by atoms with Crippen molar-refractivity contribution in [1.29, 1.82) is 0 Å². The molecule has 0 aromatic carbocycles. The number of hydrazone groups is 1. The van der Waals surface area contributed by atoms with E-state index < -0.39 is 0 Å². The maximum absolute atomic E-state index is 4.38. The second-order valence-corrected chi connectivity index (χ2v) is 3.57. The van der Waals surface area contributed by atoms with E-state index in [4.69, 9.17) is 0 Å². The molecule has 2 atom stereocenters. The predicted octanol–water partition coefficient (Wildman–Crippen LogP) is 2.11. The van der Waals surface area contributed by atoms with Gasteiger partial charge < -0.3 is 0 Å². The Labute approximate surface area is 69.3 Å². The van der Waals surface area contributed by atoms with Crippen LogP contribution in [0.15, 0.2) is 5.10 Å². The first-order chi connectivity index (χ1) is 5.16. The summed E-state index contributed by atoms with van der Waals surface area (Å²) in [5.74, 6) is 0.627. The van der Waals surface area contributed by atoms with Crippen molar-refractivity contribution in [2.24, 2.45) is 11.0 Å². The minimum atomic E-state index is 0.543. The molecule has 2 nitrogen and oxygen atoms in total. The molecule has 0 amide bonds. The Bertz CT molecular complexity index is 152. The molecule has 0 bridgehead atoms. The van der Waals surface area contributed by atoms with Crippen molar-refractivity contribution < 1.29 is 0 Å². The van der Waals surface area contributed by atoms with E-state index in [1.165, 1.54) is 6.42 Å². The number of rotatable bonds is 2. The highest BCUT2D eigenvalue weighted by atomic mass is 15.5. The van der Waals surface area contributed by atoms with Gasteiger partial charge in [0.2, 0.25) is 0 Å². The third kappa shape index (κ3) is 1.55. The summed E-state index contributed by atoms with van der Waals surface area (Å²) >= 11 is 0. The average Bonchev–Trinajstić information content (AvgIpc) is 2.30. The van der Waals surface area contributed by atoms with E-state index in [0.717, 1.165) is 0 Å². The van der Waals surface area contributed by atoms with Gasteiger partial charge in [0.15, 0.2) is 0 Å². The second kappa shape index (κ2) is 3.24. The van der Waals surface area contributed by atoms with E-state index in [2.05, 4.69) is 44.0 Å². The average molecular weight is 154 g/mol. The number of nitrogens with zero attached hydrogens (tertiary/aromatic N) is 2. The van der Waals surface area contributed by atoms with Gasteiger partial charge in [-0.05, 0) is 20.3 Å². The van der Waals surface area contributed by atoms with Gasteiger partial charge in [0.1, 0.15) is 0 Å². The molecule has 0 saturated heterocycles. The van der Waals surface area contributed by atoms with Crippen LogP contribution in [0.1, 0.15) is 34.1 Å². The molecule has 2 heteroatoms. The molecule has 64 valence electrons. The summed E-state index contributed by atoms with van der Waals surface area (Å²) in [5, 5.41) is 6.59. The van der Waals surface area contributed by atoms with Crippen molar-refractivity contribution in [3.8, 4) is 0 Å². The van der Waals surface area contributed by atoms with E-state index in [9.17, 15) is 0 Å². The fourth-order valence-corrected chi connectivity index (χ4v) is 1.68. The van der Waals surface area contributed by atoms with E-state index in [1.807, 2.05) is 0 Å². The Hall–Kier alpha value is -0.530. The van der Waals surface area contributed by atoms with Crippen LogP contribution in [-0.4, -0.2) is 23.3 Å². The highest BCUT2D eigenvalue weighted by Crippen LogP contribution is 2.21. The molecule has 0 radical (unpaired) electrons. The first-order valence-corrected chi connectivity index (χ1v) is 4.49. The van der Waals surface area contributed by atoms with Gasteiger partial charge in [-0.1, -0.05) is 13.8 Å². The molecule has 1 heterocycles. The molecule has 0 aromatic heterocycles. The molecule has 11 heavy (non-hydrogen) atoms. The maximum atomic E-state index is 4.38. The first-order valence-electron chi connectivity index (χ1n) is 4.49. The summed E-state index contributed by atoms with van der Waals surface area (Å²) in [7, 11) is 0. The summed E-state index contributed by atoms with van der Waals surface area (Å²) in [4.78, 5) is 0. The van der Waals surface area contributed by atoms with Crippen LogP contribution < -0.4 is 0 Å². The minimum absolute atomic E-state index is 0.543. The molecular weight excluding hydrogens is 136 g/mol. The van der Waals surface area contributed by atoms with Gasteiger partial charge in [-0.15, -0.1) is 0 Å². The Morgan fingerprint density at radius 3 is 2.55 bits per heavy atom. The molecule has 1 rings (SSSR count). The van der Waals surface area contributed by atoms with E-state index >= 15 is 0 Å². The first kappa shape index (κ1) is 8.57. The molecule has 0 N–H and O–H groups in total. The van der Waals surface area contributed by atoms with Crippen molar-refractivity contribution in [3.05, 3.63) is 0 Å². The minimum Gasteiger partial charge on any atom is -0.291 e. The number of hydrogen-bond acceptors (Lipinski definition) is 2. The van der Waals surface area contributed by atoms with Gasteiger partial charge in [0.05, 0.1) is 6.04 Å². The SMILES string of the molecule is CCC1C(C)C=NN1C(C)C. The lowest BCUT2D eigenvalue weighted by atomic mass is 10.0. The standard InChI is InChI=1S/C9H18N2/c1-5-9-8(4)6-10-11(9)7(2)3/h6-9H,5H2,1-4H3. The Balaban J connectivity index is 2.61. The van der Waals surface area contributed by atoms with Gasteiger partial charge in [-0.2, -0.15) is 5.10 Å². The highest BCUT2D eigenvalue weighted by molar-refractivity contribution is 5.63. The van der Waals surface area contributed by atoms with Gasteiger partial charge >= 0.3 is 0 Å². The molecule has 0 aromatic rings. The van der Waals surface area contributed by atoms with Crippen LogP contribution in [0.2, 0.25) is 0 Å². The van der Waals surface area contributed by atoms with Gasteiger partial charge in [-0.3, -0.25) is 5.01 Å². The van der Waals surface area contributed by atoms with Gasteiger partial charge in [0.25, 0.3) is 0 Å². The molecule has 1 aliphatic rings. The van der Waals surface area contributed by atoms with E-state index in [0.29, 0.717) is 18.0 Å². The van der Waals surface area contributed by atoms with Crippen LogP contribution >= 0.6 is 0 Å². The van der Waals surface area contributed by atoms with Crippen molar-refractivity contribution >= 4 is 6.21 Å². The van der Waals surface area contributed by atoms with Crippen LogP contribution in [0.4, 0.5) is 0 Å². The Kier molecular flexibility index (Phi) is 2.53. The monoisotopic (exact) mass is 154 g/mol. The fourth-order valence-electron chi connectivity index (χ4n) is 1.68. The van der Waals surface area contributed by atoms with Crippen LogP contribution in [0.25, 0.3) is 0 Å². The highest BCUT2D eigenvalue weighted by Gasteiger charge is 2.27. The van der Waals surface area contributed by atoms with E-state index in [1.54, 1.807) is 0 Å². The summed E-state index contributed by atoms with van der Waals surface area (Å²) in [6.45, 7) is 8.85. The lowest BCUT2D eigenvalue weighted by Gasteiger charge is -2.28. The van der Waals surface area contributed by atoms with Crippen molar-refractivity contribution in [2.75, 3.05) is 0 Å². The third-order valence-electron chi connectivity index (χ3n) is 2.33. The molecule has 0 fully saturated rings. The van der Waals surface area contributed by atoms with Gasteiger partial charge in [0, 0.05) is 18.2 Å². The predicted molar refractivity (Wildman–Crippen MR) is 48.7 cm³/mol. The second-order valence-electron chi connectivity index (χ2n) is 3.57. The molecule has 0 spiro atoms. The zero-order chi connectivity index (χ0) is 8.43. The van der Waals surface area contributed by atoms with Gasteiger partial charge in [-0.25, -0.2) is 0 Å². The Morgan fingerprint density at radius 1 is 1.55 bits per heavy atom. The van der Waals surface area contributed by atoms with Crippen LogP contribution in [-0.2, 0) is 0 Å². The van der Waals surface area contributed by atoms with Crippen molar-refractivity contribution in [2.45, 2.75) is 46.2 Å². The van der Waals surface area contributed by atoms with Crippen LogP contribution in [0, 0.1) is 5.92 Å². The normalized spacial score (nSPS) is 30.5. The zero-order valence-corrected chi connectivity index (χ0v) is 7.91. The summed E-state index contributed by atoms with van der Waals surface area (Å²) in [5.41, 5.74) is 0. The quantitative estimate of drug-likeness (QED) is 0.594. The maximum Gasteiger partial charge on any atom is 0.0546 e. The van der Waals surface area contributed by atoms with Crippen LogP contribution in [0.5, 0.6) is 0 Å².